The van der Waals surface area contributed by atoms with Crippen molar-refractivity contribution in [2.24, 2.45) is 0 Å². The van der Waals surface area contributed by atoms with Gasteiger partial charge in [-0.25, -0.2) is 4.98 Å². The van der Waals surface area contributed by atoms with E-state index in [-0.39, 0.29) is 0 Å². The van der Waals surface area contributed by atoms with Gasteiger partial charge in [-0.3, -0.25) is 0 Å². The van der Waals surface area contributed by atoms with Gasteiger partial charge in [-0.15, -0.1) is 0 Å². The second-order valence-electron chi connectivity index (χ2n) is 6.95. The molecule has 4 aromatic carbocycles. The van der Waals surface area contributed by atoms with Gasteiger partial charge in [0.2, 0.25) is 0 Å². The van der Waals surface area contributed by atoms with Crippen LogP contribution in [0.3, 0.4) is 0 Å². The predicted octanol–water partition coefficient (Wildman–Crippen LogP) is 6.07. The lowest BCUT2D eigenvalue weighted by atomic mass is 9.99. The molecule has 0 spiro atoms. The molecule has 0 saturated heterocycles. The molecule has 0 saturated carbocycles. The first-order valence-corrected chi connectivity index (χ1v) is 9.46. The summed E-state index contributed by atoms with van der Waals surface area (Å²) in [6.45, 7) is 0. The second-order valence-corrected chi connectivity index (χ2v) is 6.95. The Morgan fingerprint density at radius 3 is 2.17 bits per heavy atom. The number of benzene rings is 4. The fraction of sp³-hybridized carbons (Fsp3) is 0.0800. The van der Waals surface area contributed by atoms with Crippen molar-refractivity contribution in [3.05, 3.63) is 78.9 Å². The van der Waals surface area contributed by atoms with Crippen molar-refractivity contribution in [1.82, 2.24) is 9.97 Å². The number of H-pyrrole nitrogens is 1. The molecular weight excluding hydrogens is 360 g/mol. The normalized spacial score (nSPS) is 11.1. The molecule has 0 unspecified atom stereocenters. The van der Waals surface area contributed by atoms with Crippen molar-refractivity contribution in [3.8, 4) is 34.0 Å². The van der Waals surface area contributed by atoms with Gasteiger partial charge in [0, 0.05) is 5.56 Å². The van der Waals surface area contributed by atoms with Crippen molar-refractivity contribution in [1.29, 1.82) is 0 Å². The molecule has 0 atom stereocenters. The second kappa shape index (κ2) is 6.99. The summed E-state index contributed by atoms with van der Waals surface area (Å²) in [5.74, 6) is 2.34. The van der Waals surface area contributed by atoms with E-state index in [4.69, 9.17) is 14.5 Å². The average Bonchev–Trinajstić information content (AvgIpc) is 3.22. The Morgan fingerprint density at radius 1 is 0.655 bits per heavy atom. The van der Waals surface area contributed by atoms with Crippen LogP contribution < -0.4 is 9.47 Å². The summed E-state index contributed by atoms with van der Waals surface area (Å²) in [7, 11) is 3.31. The first-order valence-electron chi connectivity index (χ1n) is 9.46. The number of hydrogen-bond acceptors (Lipinski definition) is 3. The van der Waals surface area contributed by atoms with E-state index in [1.165, 1.54) is 0 Å². The highest BCUT2D eigenvalue weighted by Crippen LogP contribution is 2.35. The lowest BCUT2D eigenvalue weighted by molar-refractivity contribution is 0.356. The minimum absolute atomic E-state index is 0.730. The molecule has 0 aliphatic rings. The summed E-state index contributed by atoms with van der Waals surface area (Å²) in [5.41, 5.74) is 5.35. The van der Waals surface area contributed by atoms with Crippen LogP contribution in [-0.4, -0.2) is 24.2 Å². The van der Waals surface area contributed by atoms with E-state index in [2.05, 4.69) is 47.4 Å². The van der Waals surface area contributed by atoms with E-state index >= 15 is 0 Å². The predicted molar refractivity (Wildman–Crippen MR) is 118 cm³/mol. The number of hydrogen-bond donors (Lipinski definition) is 1. The Balaban J connectivity index is 1.58. The van der Waals surface area contributed by atoms with Gasteiger partial charge in [-0.05, 0) is 58.3 Å². The third-order valence-electron chi connectivity index (χ3n) is 5.20. The highest BCUT2D eigenvalue weighted by molar-refractivity contribution is 5.90. The van der Waals surface area contributed by atoms with E-state index < -0.39 is 0 Å². The standard InChI is InChI=1S/C25H20N2O2/c1-28-23-14-18-11-10-17(13-20(18)15-24(23)29-2)16-6-5-7-19(12-16)25-26-21-8-3-4-9-22(21)27-25/h3-15H,1-2H3,(H,26,27). The van der Waals surface area contributed by atoms with E-state index in [1.54, 1.807) is 14.2 Å². The first-order chi connectivity index (χ1) is 14.2. The van der Waals surface area contributed by atoms with Crippen LogP contribution in [0.4, 0.5) is 0 Å². The van der Waals surface area contributed by atoms with Crippen molar-refractivity contribution in [2.45, 2.75) is 0 Å². The maximum atomic E-state index is 5.46. The van der Waals surface area contributed by atoms with Gasteiger partial charge >= 0.3 is 0 Å². The molecule has 0 bridgehead atoms. The van der Waals surface area contributed by atoms with Gasteiger partial charge in [-0.2, -0.15) is 0 Å². The van der Waals surface area contributed by atoms with Crippen LogP contribution in [0.25, 0.3) is 44.3 Å². The van der Waals surface area contributed by atoms with Gasteiger partial charge in [0.25, 0.3) is 0 Å². The summed E-state index contributed by atoms with van der Waals surface area (Å²) in [5, 5.41) is 2.22. The SMILES string of the molecule is COc1cc2ccc(-c3cccc(-c4nc5ccccc5[nH]4)c3)cc2cc1OC. The van der Waals surface area contributed by atoms with Crippen LogP contribution in [0.2, 0.25) is 0 Å². The Bertz CT molecular complexity index is 1300. The Labute approximate surface area is 168 Å². The number of nitrogens with one attached hydrogen (secondary N) is 1. The average molecular weight is 380 g/mol. The summed E-state index contributed by atoms with van der Waals surface area (Å²) < 4.78 is 10.9. The minimum atomic E-state index is 0.730. The van der Waals surface area contributed by atoms with Crippen molar-refractivity contribution < 1.29 is 9.47 Å². The fourth-order valence-electron chi connectivity index (χ4n) is 3.69. The molecule has 4 nitrogen and oxygen atoms in total. The van der Waals surface area contributed by atoms with Crippen LogP contribution in [0, 0.1) is 0 Å². The van der Waals surface area contributed by atoms with Gasteiger partial charge in [-0.1, -0.05) is 42.5 Å². The van der Waals surface area contributed by atoms with Gasteiger partial charge < -0.3 is 14.5 Å². The number of aromatic amines is 1. The number of para-hydroxylation sites is 2. The van der Waals surface area contributed by atoms with Gasteiger partial charge in [0.15, 0.2) is 11.5 Å². The zero-order valence-corrected chi connectivity index (χ0v) is 16.3. The molecule has 0 aliphatic carbocycles. The number of fused-ring (bicyclic) bond motifs is 2. The van der Waals surface area contributed by atoms with Crippen LogP contribution in [-0.2, 0) is 0 Å². The number of ether oxygens (including phenoxy) is 2. The first kappa shape index (κ1) is 17.3. The third-order valence-corrected chi connectivity index (χ3v) is 5.20. The molecule has 0 fully saturated rings. The molecule has 0 aliphatic heterocycles. The summed E-state index contributed by atoms with van der Waals surface area (Å²) in [6, 6.07) is 26.9. The largest absolute Gasteiger partial charge is 0.493 e. The van der Waals surface area contributed by atoms with Crippen LogP contribution in [0.1, 0.15) is 0 Å². The van der Waals surface area contributed by atoms with Gasteiger partial charge in [0.05, 0.1) is 25.3 Å². The molecule has 0 amide bonds. The molecule has 1 aromatic heterocycles. The number of nitrogens with zero attached hydrogens (tertiary/aromatic N) is 1. The van der Waals surface area contributed by atoms with E-state index in [0.29, 0.717) is 0 Å². The monoisotopic (exact) mass is 380 g/mol. The number of rotatable bonds is 4. The molecule has 5 rings (SSSR count). The minimum Gasteiger partial charge on any atom is -0.493 e. The summed E-state index contributed by atoms with van der Waals surface area (Å²) in [4.78, 5) is 8.13. The summed E-state index contributed by atoms with van der Waals surface area (Å²) >= 11 is 0. The molecule has 29 heavy (non-hydrogen) atoms. The number of imidazole rings is 1. The zero-order valence-electron chi connectivity index (χ0n) is 16.3. The maximum absolute atomic E-state index is 5.46. The molecule has 1 heterocycles. The van der Waals surface area contributed by atoms with Crippen molar-refractivity contribution in [2.75, 3.05) is 14.2 Å². The van der Waals surface area contributed by atoms with Crippen LogP contribution >= 0.6 is 0 Å². The topological polar surface area (TPSA) is 47.1 Å². The highest BCUT2D eigenvalue weighted by Gasteiger charge is 2.09. The van der Waals surface area contributed by atoms with E-state index in [9.17, 15) is 0 Å². The fourth-order valence-corrected chi connectivity index (χ4v) is 3.69. The molecule has 0 radical (unpaired) electrons. The number of methoxy groups -OCH3 is 2. The Morgan fingerprint density at radius 2 is 1.38 bits per heavy atom. The third kappa shape index (κ3) is 3.09. The van der Waals surface area contributed by atoms with Gasteiger partial charge in [0.1, 0.15) is 5.82 Å². The highest BCUT2D eigenvalue weighted by atomic mass is 16.5. The molecule has 4 heteroatoms. The molecule has 142 valence electrons. The smallest absolute Gasteiger partial charge is 0.161 e. The summed E-state index contributed by atoms with van der Waals surface area (Å²) in [6.07, 6.45) is 0. The Kier molecular flexibility index (Phi) is 4.17. The quantitative estimate of drug-likeness (QED) is 0.412. The maximum Gasteiger partial charge on any atom is 0.161 e. The lowest BCUT2D eigenvalue weighted by Crippen LogP contribution is -1.90. The van der Waals surface area contributed by atoms with E-state index in [1.807, 2.05) is 36.4 Å². The van der Waals surface area contributed by atoms with Crippen LogP contribution in [0.5, 0.6) is 11.5 Å². The van der Waals surface area contributed by atoms with E-state index in [0.717, 1.165) is 55.8 Å². The Hall–Kier alpha value is -3.79. The zero-order chi connectivity index (χ0) is 19.8. The van der Waals surface area contributed by atoms with Crippen molar-refractivity contribution in [3.63, 3.8) is 0 Å². The van der Waals surface area contributed by atoms with Crippen LogP contribution in [0.15, 0.2) is 78.9 Å². The lowest BCUT2D eigenvalue weighted by Gasteiger charge is -2.11. The molecular formula is C25H20N2O2. The molecule has 5 aromatic rings. The van der Waals surface area contributed by atoms with Crippen molar-refractivity contribution >= 4 is 21.8 Å². The molecule has 1 N–H and O–H groups in total. The number of aromatic nitrogens is 2.